The fourth-order valence-corrected chi connectivity index (χ4v) is 6.59. The van der Waals surface area contributed by atoms with Crippen LogP contribution >= 0.6 is 11.6 Å². The van der Waals surface area contributed by atoms with E-state index in [1.807, 2.05) is 12.1 Å². The van der Waals surface area contributed by atoms with Crippen LogP contribution in [0.5, 0.6) is 5.75 Å². The topological polar surface area (TPSA) is 85.8 Å². The Labute approximate surface area is 298 Å². The molecule has 0 aliphatic carbocycles. The molecule has 4 aliphatic rings. The smallest absolute Gasteiger partial charge is 0.537 e. The highest BCUT2D eigenvalue weighted by molar-refractivity contribution is 6.29. The van der Waals surface area contributed by atoms with Crippen LogP contribution in [0.2, 0.25) is 5.15 Å². The van der Waals surface area contributed by atoms with Crippen LogP contribution in [0.25, 0.3) is 11.3 Å². The summed E-state index contributed by atoms with van der Waals surface area (Å²) in [5, 5.41) is 15.6. The van der Waals surface area contributed by atoms with E-state index in [9.17, 15) is 26.3 Å². The minimum atomic E-state index is -4.39. The van der Waals surface area contributed by atoms with Crippen molar-refractivity contribution in [3.05, 3.63) is 89.1 Å². The highest BCUT2D eigenvalue weighted by Crippen LogP contribution is 2.37. The number of alkyl halides is 6. The van der Waals surface area contributed by atoms with Gasteiger partial charge in [0.1, 0.15) is 10.9 Å². The van der Waals surface area contributed by atoms with E-state index in [1.54, 1.807) is 12.1 Å². The molecule has 2 aromatic heterocycles. The molecule has 51 heavy (non-hydrogen) atoms. The normalized spacial score (nSPS) is 18.4. The lowest BCUT2D eigenvalue weighted by Gasteiger charge is -2.40. The van der Waals surface area contributed by atoms with Crippen molar-refractivity contribution in [3.63, 3.8) is 0 Å². The molecule has 8 nitrogen and oxygen atoms in total. The van der Waals surface area contributed by atoms with E-state index >= 15 is 0 Å². The molecule has 0 saturated carbocycles. The Kier molecular flexibility index (Phi) is 11.8. The minimum absolute atomic E-state index is 0. The summed E-state index contributed by atoms with van der Waals surface area (Å²) in [6.07, 6.45) is -3.98. The molecule has 8 rings (SSSR count). The molecule has 0 amide bonds. The second-order valence-electron chi connectivity index (χ2n) is 12.3. The van der Waals surface area contributed by atoms with Crippen LogP contribution in [0.3, 0.4) is 0 Å². The van der Waals surface area contributed by atoms with Gasteiger partial charge in [0, 0.05) is 43.8 Å². The minimum Gasteiger partial charge on any atom is -0.537 e. The molecule has 2 atom stereocenters. The fourth-order valence-electron chi connectivity index (χ4n) is 6.44. The Hall–Kier alpha value is -4.37. The molecule has 1 radical (unpaired) electrons. The number of fused-ring (bicyclic) bond motifs is 8. The van der Waals surface area contributed by atoms with Crippen LogP contribution in [0.1, 0.15) is 44.2 Å². The molecule has 4 aliphatic heterocycles. The van der Waals surface area contributed by atoms with Crippen molar-refractivity contribution in [3.8, 4) is 17.0 Å². The zero-order chi connectivity index (χ0) is 35.5. The van der Waals surface area contributed by atoms with Gasteiger partial charge in [0.15, 0.2) is 11.6 Å². The van der Waals surface area contributed by atoms with Crippen LogP contribution in [-0.4, -0.2) is 60.9 Å². The maximum Gasteiger partial charge on any atom is 0.569 e. The van der Waals surface area contributed by atoms with Crippen molar-refractivity contribution in [2.75, 3.05) is 46.6 Å². The van der Waals surface area contributed by atoms with Crippen LogP contribution in [0.15, 0.2) is 72.8 Å². The van der Waals surface area contributed by atoms with E-state index in [0.717, 1.165) is 80.6 Å². The van der Waals surface area contributed by atoms with Gasteiger partial charge in [-0.1, -0.05) is 37.2 Å². The lowest BCUT2D eigenvalue weighted by Crippen LogP contribution is -2.46. The van der Waals surface area contributed by atoms with Crippen molar-refractivity contribution in [1.82, 2.24) is 9.97 Å². The molecule has 271 valence electrons. The van der Waals surface area contributed by atoms with Gasteiger partial charge in [-0.25, -0.2) is 9.97 Å². The molecule has 4 bridgehead atoms. The zero-order valence-electron chi connectivity index (χ0n) is 26.6. The van der Waals surface area contributed by atoms with Gasteiger partial charge in [0.05, 0.1) is 28.2 Å². The third-order valence-corrected chi connectivity index (χ3v) is 8.97. The summed E-state index contributed by atoms with van der Waals surface area (Å²) in [7, 11) is 0.329. The molecule has 16 heteroatoms. The van der Waals surface area contributed by atoms with Gasteiger partial charge in [0.25, 0.3) is 0 Å². The van der Waals surface area contributed by atoms with Gasteiger partial charge in [-0.2, -0.15) is 26.3 Å². The van der Waals surface area contributed by atoms with E-state index < -0.39 is 23.5 Å². The van der Waals surface area contributed by atoms with Gasteiger partial charge in [0.2, 0.25) is 0 Å². The predicted octanol–water partition coefficient (Wildman–Crippen LogP) is 8.54. The maximum absolute atomic E-state index is 12.9. The molecule has 0 spiro atoms. The molecule has 2 saturated heterocycles. The third kappa shape index (κ3) is 9.30. The van der Waals surface area contributed by atoms with Gasteiger partial charge in [-0.05, 0) is 80.3 Å². The first-order valence-corrected chi connectivity index (χ1v) is 16.4. The lowest BCUT2D eigenvalue weighted by molar-refractivity contribution is -0.138. The lowest BCUT2D eigenvalue weighted by atomic mass is 10.0. The average molecular weight is 734 g/mol. The van der Waals surface area contributed by atoms with Gasteiger partial charge in [-0.3, -0.25) is 0 Å². The summed E-state index contributed by atoms with van der Waals surface area (Å²) >= 11 is 5.86. The van der Waals surface area contributed by atoms with Crippen molar-refractivity contribution in [2.24, 2.45) is 0 Å². The number of anilines is 4. The van der Waals surface area contributed by atoms with Gasteiger partial charge < -0.3 is 30.1 Å². The number of benzene rings is 2. The largest absolute Gasteiger partial charge is 0.569 e. The highest BCUT2D eigenvalue weighted by atomic mass is 35.5. The van der Waals surface area contributed by atoms with E-state index in [-0.39, 0.29) is 13.2 Å². The van der Waals surface area contributed by atoms with Crippen molar-refractivity contribution >= 4 is 42.3 Å². The Bertz CT molecular complexity index is 1800. The zero-order valence-corrected chi connectivity index (χ0v) is 27.4. The quantitative estimate of drug-likeness (QED) is 0.110. The van der Waals surface area contributed by atoms with Crippen LogP contribution in [0, 0.1) is 0 Å². The number of nitrogens with one attached hydrogen (secondary N) is 2. The number of hydrogen-bond donors (Lipinski definition) is 3. The number of hydrogen-bond acceptors (Lipinski definition) is 8. The monoisotopic (exact) mass is 733 g/mol. The summed E-state index contributed by atoms with van der Waals surface area (Å²) in [5.41, 5.74) is 1.82. The van der Waals surface area contributed by atoms with E-state index in [1.165, 1.54) is 36.7 Å². The summed E-state index contributed by atoms with van der Waals surface area (Å²) in [6.45, 7) is 4.23. The predicted molar refractivity (Wildman–Crippen MR) is 188 cm³/mol. The first-order chi connectivity index (χ1) is 23.9. The molecule has 2 aromatic carbocycles. The first-order valence-electron chi connectivity index (χ1n) is 16.1. The summed E-state index contributed by atoms with van der Waals surface area (Å²) in [4.78, 5) is 13.6. The first kappa shape index (κ1) is 37.9. The standard InChI is InChI=1S/C17H16F3N3.C10H12ClN3.C7H5BF3O2.CH4/c18-17(19,20)12-4-1-3-11(9-12)14-6-7-15-16(22-14)21-13-5-2-8-23(15)10-13;11-9-4-3-8-10(13-9)12-7-2-1-5-14(8)6-7;9-7(10,11)5-2-1-3-6(4-5)13-8-12;/h1,3-4,6-7,9,13H,2,5,8,10H2,(H,21,22);3-4,7H,1-2,5-6H2,(H,12,13);1-4,12H;1H4/t13-;7-;;/m00../s1. The second kappa shape index (κ2) is 15.9. The molecule has 3 N–H and O–H groups in total. The van der Waals surface area contributed by atoms with Gasteiger partial charge >= 0.3 is 20.0 Å². The molecular formula is C35H37BClF6N6O2. The molecule has 0 unspecified atom stereocenters. The van der Waals surface area contributed by atoms with Crippen LogP contribution in [-0.2, 0) is 12.4 Å². The molecule has 6 heterocycles. The molecule has 4 aromatic rings. The Morgan fingerprint density at radius 3 is 1.88 bits per heavy atom. The summed E-state index contributed by atoms with van der Waals surface area (Å²) in [5.74, 6) is 1.67. The van der Waals surface area contributed by atoms with Gasteiger partial charge in [-0.15, -0.1) is 0 Å². The number of aromatic nitrogens is 2. The number of halogens is 7. The fraction of sp³-hybridized carbons (Fsp3) is 0.371. The second-order valence-corrected chi connectivity index (χ2v) is 12.6. The van der Waals surface area contributed by atoms with Crippen LogP contribution < -0.4 is 25.1 Å². The number of rotatable bonds is 3. The Morgan fingerprint density at radius 2 is 1.29 bits per heavy atom. The highest BCUT2D eigenvalue weighted by Gasteiger charge is 2.32. The summed E-state index contributed by atoms with van der Waals surface area (Å²) < 4.78 is 79.2. The van der Waals surface area contributed by atoms with Crippen molar-refractivity contribution < 1.29 is 36.0 Å². The molecule has 2 fully saturated rings. The Morgan fingerprint density at radius 1 is 0.745 bits per heavy atom. The van der Waals surface area contributed by atoms with E-state index in [2.05, 4.69) is 41.1 Å². The number of nitrogens with zero attached hydrogens (tertiary/aromatic N) is 4. The van der Waals surface area contributed by atoms with Crippen LogP contribution in [0.4, 0.5) is 49.4 Å². The number of piperidine rings is 2. The number of pyridine rings is 2. The van der Waals surface area contributed by atoms with E-state index in [0.29, 0.717) is 36.2 Å². The third-order valence-electron chi connectivity index (χ3n) is 8.76. The molecular weight excluding hydrogens is 697 g/mol. The SMILES string of the molecule is C.Clc1ccc2c(n1)N[C@H]1CCCN2C1.FC(F)(F)c1cccc(-c2ccc3c(n2)N[C@H]2CCCN3C2)c1.O[B]Oc1cccc(C(F)(F)F)c1. The summed E-state index contributed by atoms with van der Waals surface area (Å²) in [6, 6.07) is 18.1. The Balaban J connectivity index is 0.000000156. The van der Waals surface area contributed by atoms with E-state index in [4.69, 9.17) is 16.6 Å². The van der Waals surface area contributed by atoms with Crippen molar-refractivity contribution in [2.45, 2.75) is 57.5 Å². The maximum atomic E-state index is 12.9. The van der Waals surface area contributed by atoms with Crippen molar-refractivity contribution in [1.29, 1.82) is 0 Å². The average Bonchev–Trinajstić information content (AvgIpc) is 3.08.